The highest BCUT2D eigenvalue weighted by atomic mass is 35.5. The van der Waals surface area contributed by atoms with Crippen molar-refractivity contribution < 1.29 is 22.6 Å². The number of sulfone groups is 1. The van der Waals surface area contributed by atoms with Gasteiger partial charge in [-0.3, -0.25) is 9.55 Å². The average molecular weight is 559 g/mol. The van der Waals surface area contributed by atoms with E-state index >= 15 is 0 Å². The SMILES string of the molecule is COc1cccc(OC)c1-n1c(CS(=O)(=O)[C@@H](C)[C@H](OC)c2ncc(Cl)cn2)nnc1-c1cncc(C)c1. The predicted octanol–water partition coefficient (Wildman–Crippen LogP) is 3.79. The minimum absolute atomic E-state index is 0.156. The molecule has 38 heavy (non-hydrogen) atoms. The number of hydrogen-bond acceptors (Lipinski definition) is 10. The van der Waals surface area contributed by atoms with E-state index in [0.717, 1.165) is 5.56 Å². The summed E-state index contributed by atoms with van der Waals surface area (Å²) in [4.78, 5) is 12.6. The minimum atomic E-state index is -3.89. The molecule has 0 bridgehead atoms. The van der Waals surface area contributed by atoms with E-state index in [1.54, 1.807) is 35.2 Å². The zero-order valence-electron chi connectivity index (χ0n) is 21.5. The normalized spacial score (nSPS) is 13.2. The standard InChI is InChI=1S/C25H27ClN6O5S/c1-15-9-17(11-27-10-15)25-31-30-21(32(25)22-19(35-3)7-6-8-20(22)36-4)14-38(33,34)16(2)23(37-5)24-28-12-18(26)13-29-24/h6-13,16,23H,14H2,1-5H3/t16-,23-/m0/s1. The molecule has 0 aliphatic carbocycles. The first-order chi connectivity index (χ1) is 18.2. The Labute approximate surface area is 225 Å². The van der Waals surface area contributed by atoms with Gasteiger partial charge in [0.1, 0.15) is 29.0 Å². The molecule has 0 spiro atoms. The average Bonchev–Trinajstić information content (AvgIpc) is 3.31. The summed E-state index contributed by atoms with van der Waals surface area (Å²) in [5.41, 5.74) is 2.01. The number of aryl methyl sites for hydroxylation is 1. The highest BCUT2D eigenvalue weighted by Gasteiger charge is 2.35. The van der Waals surface area contributed by atoms with Crippen molar-refractivity contribution in [2.24, 2.45) is 0 Å². The lowest BCUT2D eigenvalue weighted by Crippen LogP contribution is -2.30. The fourth-order valence-electron chi connectivity index (χ4n) is 4.04. The van der Waals surface area contributed by atoms with Crippen molar-refractivity contribution in [1.29, 1.82) is 0 Å². The van der Waals surface area contributed by atoms with E-state index in [4.69, 9.17) is 25.8 Å². The molecule has 13 heteroatoms. The Balaban J connectivity index is 1.84. The molecule has 0 radical (unpaired) electrons. The number of rotatable bonds is 10. The lowest BCUT2D eigenvalue weighted by Gasteiger charge is -2.22. The molecule has 0 amide bonds. The van der Waals surface area contributed by atoms with Gasteiger partial charge in [-0.1, -0.05) is 17.7 Å². The van der Waals surface area contributed by atoms with Gasteiger partial charge in [-0.25, -0.2) is 18.4 Å². The van der Waals surface area contributed by atoms with Crippen molar-refractivity contribution in [2.75, 3.05) is 21.3 Å². The fourth-order valence-corrected chi connectivity index (χ4v) is 5.55. The van der Waals surface area contributed by atoms with Crippen LogP contribution in [0, 0.1) is 6.92 Å². The number of halogens is 1. The topological polar surface area (TPSA) is 131 Å². The number of pyridine rings is 1. The Morgan fingerprint density at radius 1 is 1.00 bits per heavy atom. The Hall–Kier alpha value is -3.61. The molecule has 0 aliphatic heterocycles. The fraction of sp³-hybridized carbons (Fsp3) is 0.320. The van der Waals surface area contributed by atoms with Crippen LogP contribution in [0.25, 0.3) is 17.1 Å². The van der Waals surface area contributed by atoms with Crippen molar-refractivity contribution in [3.63, 3.8) is 0 Å². The number of nitrogens with zero attached hydrogens (tertiary/aromatic N) is 6. The first-order valence-electron chi connectivity index (χ1n) is 11.5. The van der Waals surface area contributed by atoms with Crippen LogP contribution in [0.15, 0.2) is 49.1 Å². The number of ether oxygens (including phenoxy) is 3. The third-order valence-electron chi connectivity index (χ3n) is 5.96. The Morgan fingerprint density at radius 3 is 2.24 bits per heavy atom. The van der Waals surface area contributed by atoms with E-state index in [9.17, 15) is 8.42 Å². The molecule has 0 fully saturated rings. The molecule has 1 aromatic carbocycles. The molecule has 2 atom stereocenters. The van der Waals surface area contributed by atoms with Gasteiger partial charge in [0.05, 0.1) is 24.5 Å². The van der Waals surface area contributed by atoms with Gasteiger partial charge in [0.25, 0.3) is 0 Å². The van der Waals surface area contributed by atoms with Crippen LogP contribution >= 0.6 is 11.6 Å². The number of hydrogen-bond donors (Lipinski definition) is 0. The predicted molar refractivity (Wildman–Crippen MR) is 141 cm³/mol. The third kappa shape index (κ3) is 5.47. The van der Waals surface area contributed by atoms with E-state index in [1.165, 1.54) is 40.6 Å². The molecule has 0 unspecified atom stereocenters. The van der Waals surface area contributed by atoms with E-state index in [-0.39, 0.29) is 11.6 Å². The summed E-state index contributed by atoms with van der Waals surface area (Å²) < 4.78 is 45.8. The zero-order valence-corrected chi connectivity index (χ0v) is 23.1. The van der Waals surface area contributed by atoms with E-state index in [1.807, 2.05) is 13.0 Å². The van der Waals surface area contributed by atoms with Crippen LogP contribution < -0.4 is 9.47 Å². The number of aromatic nitrogens is 6. The molecule has 4 rings (SSSR count). The maximum atomic E-state index is 13.7. The molecule has 200 valence electrons. The Kier molecular flexibility index (Phi) is 8.24. The van der Waals surface area contributed by atoms with Gasteiger partial charge in [0.2, 0.25) is 0 Å². The summed E-state index contributed by atoms with van der Waals surface area (Å²) in [6, 6.07) is 7.15. The van der Waals surface area contributed by atoms with Crippen LogP contribution in [-0.2, 0) is 20.3 Å². The van der Waals surface area contributed by atoms with Gasteiger partial charge >= 0.3 is 0 Å². The van der Waals surface area contributed by atoms with Gasteiger partial charge in [-0.15, -0.1) is 10.2 Å². The molecule has 3 heterocycles. The molecule has 3 aromatic heterocycles. The molecular weight excluding hydrogens is 532 g/mol. The lowest BCUT2D eigenvalue weighted by atomic mass is 10.2. The maximum absolute atomic E-state index is 13.7. The number of benzene rings is 1. The molecule has 0 saturated heterocycles. The van der Waals surface area contributed by atoms with Crippen molar-refractivity contribution in [3.8, 4) is 28.6 Å². The van der Waals surface area contributed by atoms with Crippen LogP contribution in [-0.4, -0.2) is 64.7 Å². The first-order valence-corrected chi connectivity index (χ1v) is 13.6. The summed E-state index contributed by atoms with van der Waals surface area (Å²) >= 11 is 5.90. The molecule has 4 aromatic rings. The van der Waals surface area contributed by atoms with Crippen LogP contribution in [0.2, 0.25) is 5.02 Å². The van der Waals surface area contributed by atoms with Crippen molar-refractivity contribution in [1.82, 2.24) is 29.7 Å². The van der Waals surface area contributed by atoms with Gasteiger partial charge in [0, 0.05) is 37.5 Å². The lowest BCUT2D eigenvalue weighted by molar-refractivity contribution is 0.0948. The quantitative estimate of drug-likeness (QED) is 0.283. The Morgan fingerprint density at radius 2 is 1.66 bits per heavy atom. The Bertz CT molecular complexity index is 1510. The zero-order chi connectivity index (χ0) is 27.4. The van der Waals surface area contributed by atoms with Crippen molar-refractivity contribution >= 4 is 21.4 Å². The molecule has 0 aliphatic rings. The second-order valence-electron chi connectivity index (χ2n) is 8.47. The second-order valence-corrected chi connectivity index (χ2v) is 11.3. The molecule has 0 saturated carbocycles. The highest BCUT2D eigenvalue weighted by Crippen LogP contribution is 2.37. The molecule has 11 nitrogen and oxygen atoms in total. The smallest absolute Gasteiger partial charge is 0.170 e. The van der Waals surface area contributed by atoms with E-state index in [0.29, 0.717) is 33.6 Å². The first kappa shape index (κ1) is 27.4. The summed E-state index contributed by atoms with van der Waals surface area (Å²) in [6.07, 6.45) is 5.19. The van der Waals surface area contributed by atoms with Crippen molar-refractivity contribution in [3.05, 3.63) is 71.3 Å². The van der Waals surface area contributed by atoms with Crippen LogP contribution in [0.5, 0.6) is 11.5 Å². The minimum Gasteiger partial charge on any atom is -0.494 e. The van der Waals surface area contributed by atoms with Gasteiger partial charge in [0.15, 0.2) is 27.3 Å². The third-order valence-corrected chi connectivity index (χ3v) is 8.20. The summed E-state index contributed by atoms with van der Waals surface area (Å²) in [6.45, 7) is 3.44. The number of para-hydroxylation sites is 1. The summed E-state index contributed by atoms with van der Waals surface area (Å²) in [5, 5.41) is 7.95. The largest absolute Gasteiger partial charge is 0.494 e. The summed E-state index contributed by atoms with van der Waals surface area (Å²) in [5.74, 6) is 1.17. The van der Waals surface area contributed by atoms with Crippen LogP contribution in [0.3, 0.4) is 0 Å². The summed E-state index contributed by atoms with van der Waals surface area (Å²) in [7, 11) is 0.551. The number of methoxy groups -OCH3 is 3. The maximum Gasteiger partial charge on any atom is 0.170 e. The van der Waals surface area contributed by atoms with E-state index < -0.39 is 26.9 Å². The monoisotopic (exact) mass is 558 g/mol. The van der Waals surface area contributed by atoms with Crippen LogP contribution in [0.4, 0.5) is 0 Å². The van der Waals surface area contributed by atoms with Gasteiger partial charge in [-0.2, -0.15) is 0 Å². The van der Waals surface area contributed by atoms with E-state index in [2.05, 4.69) is 25.1 Å². The molecular formula is C25H27ClN6O5S. The van der Waals surface area contributed by atoms with Crippen LogP contribution in [0.1, 0.15) is 30.2 Å². The van der Waals surface area contributed by atoms with Crippen molar-refractivity contribution in [2.45, 2.75) is 31.0 Å². The van der Waals surface area contributed by atoms with Gasteiger partial charge < -0.3 is 14.2 Å². The second kappa shape index (κ2) is 11.4. The molecule has 0 N–H and O–H groups in total. The highest BCUT2D eigenvalue weighted by molar-refractivity contribution is 7.91. The van der Waals surface area contributed by atoms with Gasteiger partial charge in [-0.05, 0) is 37.6 Å².